The van der Waals surface area contributed by atoms with Crippen molar-refractivity contribution in [2.75, 3.05) is 13.2 Å². The number of carboxylic acid groups (broad SMARTS) is 2. The van der Waals surface area contributed by atoms with E-state index in [-0.39, 0.29) is 29.8 Å². The minimum absolute atomic E-state index is 0.156. The van der Waals surface area contributed by atoms with E-state index in [1.807, 2.05) is 0 Å². The number of aliphatic carboxylic acids is 2. The van der Waals surface area contributed by atoms with Crippen LogP contribution in [0.15, 0.2) is 24.3 Å². The van der Waals surface area contributed by atoms with E-state index in [1.54, 1.807) is 0 Å². The molecule has 0 aromatic carbocycles. The molecule has 344 valence electrons. The number of aliphatic hydroxyl groups excluding tert-OH is 2. The van der Waals surface area contributed by atoms with E-state index in [2.05, 4.69) is 13.2 Å². The molecule has 6 heteroatoms. The Morgan fingerprint density at radius 3 is 0.517 bits per heavy atom. The molecule has 0 amide bonds. The van der Waals surface area contributed by atoms with Crippen molar-refractivity contribution in [3.05, 3.63) is 24.3 Å². The third-order valence-corrected chi connectivity index (χ3v) is 12.3. The van der Waals surface area contributed by atoms with Gasteiger partial charge in [-0.25, -0.2) is 9.59 Å². The van der Waals surface area contributed by atoms with Crippen LogP contribution in [0.3, 0.4) is 0 Å². The minimum atomic E-state index is -0.935. The average molecular weight is 821 g/mol. The van der Waals surface area contributed by atoms with Crippen molar-refractivity contribution in [3.8, 4) is 0 Å². The predicted molar refractivity (Wildman–Crippen MR) is 251 cm³/mol. The van der Waals surface area contributed by atoms with Gasteiger partial charge in [0.1, 0.15) is 0 Å². The summed E-state index contributed by atoms with van der Waals surface area (Å²) < 4.78 is 0. The molecule has 0 atom stereocenters. The van der Waals surface area contributed by atoms with Crippen LogP contribution in [0.25, 0.3) is 0 Å². The smallest absolute Gasteiger partial charge is 0.330 e. The third kappa shape index (κ3) is 45.4. The quantitative estimate of drug-likeness (QED) is 0.210. The van der Waals surface area contributed by atoms with Crippen molar-refractivity contribution < 1.29 is 30.0 Å². The van der Waals surface area contributed by atoms with Crippen molar-refractivity contribution in [1.29, 1.82) is 0 Å². The molecule has 0 aliphatic heterocycles. The van der Waals surface area contributed by atoms with Gasteiger partial charge in [0.25, 0.3) is 0 Å². The average Bonchev–Trinajstić information content (AvgIpc) is 3.21. The van der Waals surface area contributed by atoms with Crippen LogP contribution in [0, 0.1) is 5.41 Å². The Hall–Kier alpha value is -1.66. The third-order valence-electron chi connectivity index (χ3n) is 12.3. The Bertz CT molecular complexity index is 711. The molecule has 3 aliphatic carbocycles. The number of carbonyl (C=O) groups is 2. The molecule has 0 aromatic heterocycles. The molecular weight excluding hydrogens is 721 g/mol. The monoisotopic (exact) mass is 821 g/mol. The molecule has 0 unspecified atom stereocenters. The van der Waals surface area contributed by atoms with Gasteiger partial charge in [0.15, 0.2) is 0 Å². The lowest BCUT2D eigenvalue weighted by Crippen LogP contribution is -2.30. The molecule has 3 fully saturated rings. The summed E-state index contributed by atoms with van der Waals surface area (Å²) >= 11 is 0. The van der Waals surface area contributed by atoms with Crippen LogP contribution in [-0.4, -0.2) is 45.6 Å². The number of aliphatic hydroxyl groups is 2. The maximum absolute atomic E-state index is 9.60. The van der Waals surface area contributed by atoms with Crippen LogP contribution >= 0.6 is 0 Å². The van der Waals surface area contributed by atoms with Gasteiger partial charge in [0.05, 0.1) is 13.2 Å². The van der Waals surface area contributed by atoms with Gasteiger partial charge in [0, 0.05) is 16.6 Å². The Kier molecular flexibility index (Phi) is 46.8. The number of carboxylic acids is 2. The van der Waals surface area contributed by atoms with Crippen LogP contribution in [-0.2, 0) is 9.59 Å². The van der Waals surface area contributed by atoms with Gasteiger partial charge in [-0.05, 0) is 26.7 Å². The molecule has 0 aromatic rings. The first kappa shape index (κ1) is 58.4. The van der Waals surface area contributed by atoms with Crippen molar-refractivity contribution in [1.82, 2.24) is 0 Å². The van der Waals surface area contributed by atoms with Crippen molar-refractivity contribution in [2.24, 2.45) is 5.41 Å². The second kappa shape index (κ2) is 46.4. The van der Waals surface area contributed by atoms with E-state index in [9.17, 15) is 19.8 Å². The van der Waals surface area contributed by atoms with Gasteiger partial charge in [-0.15, -0.1) is 0 Å². The molecule has 0 radical (unpaired) electrons. The van der Waals surface area contributed by atoms with Gasteiger partial charge < -0.3 is 20.4 Å². The van der Waals surface area contributed by atoms with Crippen LogP contribution in [0.1, 0.15) is 277 Å². The molecule has 3 aliphatic rings. The highest BCUT2D eigenvalue weighted by molar-refractivity contribution is 5.85. The number of rotatable bonds is 4. The highest BCUT2D eigenvalue weighted by Gasteiger charge is 2.27. The molecule has 4 N–H and O–H groups in total. The van der Waals surface area contributed by atoms with Crippen LogP contribution in [0.4, 0.5) is 0 Å². The van der Waals surface area contributed by atoms with E-state index >= 15 is 0 Å². The largest absolute Gasteiger partial charge is 0.478 e. The summed E-state index contributed by atoms with van der Waals surface area (Å²) in [6.07, 6.45) is 58.5. The first-order valence-electron chi connectivity index (χ1n) is 25.1. The van der Waals surface area contributed by atoms with Gasteiger partial charge >= 0.3 is 11.9 Å². The van der Waals surface area contributed by atoms with Crippen LogP contribution < -0.4 is 0 Å². The molecule has 0 heterocycles. The first-order valence-corrected chi connectivity index (χ1v) is 25.1. The van der Waals surface area contributed by atoms with Crippen molar-refractivity contribution in [3.63, 3.8) is 0 Å². The van der Waals surface area contributed by atoms with E-state index in [0.29, 0.717) is 0 Å². The van der Waals surface area contributed by atoms with Crippen LogP contribution in [0.2, 0.25) is 0 Å². The van der Waals surface area contributed by atoms with Crippen molar-refractivity contribution in [2.45, 2.75) is 277 Å². The van der Waals surface area contributed by atoms with Gasteiger partial charge in [-0.2, -0.15) is 0 Å². The fourth-order valence-electron chi connectivity index (χ4n) is 8.03. The summed E-state index contributed by atoms with van der Waals surface area (Å²) in [5.41, 5.74) is 0.161. The molecule has 3 rings (SSSR count). The molecule has 6 nitrogen and oxygen atoms in total. The van der Waals surface area contributed by atoms with Gasteiger partial charge in [-0.1, -0.05) is 264 Å². The lowest BCUT2D eigenvalue weighted by Gasteiger charge is -2.30. The summed E-state index contributed by atoms with van der Waals surface area (Å²) in [5, 5.41) is 35.0. The maximum atomic E-state index is 9.60. The lowest BCUT2D eigenvalue weighted by atomic mass is 9.79. The zero-order valence-corrected chi connectivity index (χ0v) is 38.9. The predicted octanol–water partition coefficient (Wildman–Crippen LogP) is 16.3. The fourth-order valence-corrected chi connectivity index (χ4v) is 8.03. The zero-order valence-electron chi connectivity index (χ0n) is 38.9. The fraction of sp³-hybridized carbons (Fsp3) is 0.885. The Morgan fingerprint density at radius 2 is 0.431 bits per heavy atom. The van der Waals surface area contributed by atoms with Crippen LogP contribution in [0.5, 0.6) is 0 Å². The maximum Gasteiger partial charge on any atom is 0.330 e. The van der Waals surface area contributed by atoms with E-state index in [4.69, 9.17) is 10.2 Å². The zero-order chi connectivity index (χ0) is 43.2. The SMILES string of the molecule is C1CCCCCCCCCCCCC1.C1CCCCCCCCCCCCC1.C=C(C)C(=O)O.C=C(C)C(=O)O.OCC1(CO)CCCCCCCCCCCCC1. The topological polar surface area (TPSA) is 115 Å². The Balaban J connectivity index is 0. The first-order chi connectivity index (χ1) is 28.1. The molecule has 0 bridgehead atoms. The molecule has 3 saturated carbocycles. The van der Waals surface area contributed by atoms with E-state index < -0.39 is 11.9 Å². The second-order valence-electron chi connectivity index (χ2n) is 18.3. The molecular formula is C52H100O6. The highest BCUT2D eigenvalue weighted by Crippen LogP contribution is 2.31. The molecule has 58 heavy (non-hydrogen) atoms. The normalized spacial score (nSPS) is 20.7. The number of hydrogen-bond acceptors (Lipinski definition) is 4. The number of hydrogen-bond donors (Lipinski definition) is 4. The summed E-state index contributed by atoms with van der Waals surface area (Å²) in [6.45, 7) is 9.52. The summed E-state index contributed by atoms with van der Waals surface area (Å²) in [6, 6.07) is 0. The molecule has 0 spiro atoms. The van der Waals surface area contributed by atoms with E-state index in [1.165, 1.54) is 264 Å². The van der Waals surface area contributed by atoms with Crippen molar-refractivity contribution >= 4 is 11.9 Å². The minimum Gasteiger partial charge on any atom is -0.478 e. The summed E-state index contributed by atoms with van der Waals surface area (Å²) in [7, 11) is 0. The van der Waals surface area contributed by atoms with Gasteiger partial charge in [-0.3, -0.25) is 0 Å². The second-order valence-corrected chi connectivity index (χ2v) is 18.3. The highest BCUT2D eigenvalue weighted by atomic mass is 16.4. The Morgan fingerprint density at radius 1 is 0.328 bits per heavy atom. The summed E-state index contributed by atoms with van der Waals surface area (Å²) in [5.74, 6) is -1.87. The standard InChI is InChI=1S/C16H32O2.2C14H28.2C4H6O2/c17-14-16(15-18)12-10-8-6-4-2-1-3-5-7-9-11-13-16;2*1-2-4-6-8-10-12-14-13-11-9-7-5-3-1;2*1-3(2)4(5)6/h17-18H,1-15H2;2*1-14H2;2*1H2,2H3,(H,5,6). The molecule has 0 saturated heterocycles. The van der Waals surface area contributed by atoms with E-state index in [0.717, 1.165) is 12.8 Å². The Labute approximate surface area is 360 Å². The summed E-state index contributed by atoms with van der Waals surface area (Å²) in [4.78, 5) is 19.2. The van der Waals surface area contributed by atoms with Gasteiger partial charge in [0.2, 0.25) is 0 Å². The lowest BCUT2D eigenvalue weighted by molar-refractivity contribution is -0.133.